The summed E-state index contributed by atoms with van der Waals surface area (Å²) in [4.78, 5) is 33.4. The van der Waals surface area contributed by atoms with Gasteiger partial charge in [-0.15, -0.1) is 0 Å². The summed E-state index contributed by atoms with van der Waals surface area (Å²) in [6, 6.07) is 13.8. The van der Waals surface area contributed by atoms with E-state index >= 15 is 0 Å². The molecule has 1 fully saturated rings. The Kier molecular flexibility index (Phi) is 6.99. The summed E-state index contributed by atoms with van der Waals surface area (Å²) in [5.74, 6) is 0.402. The molecule has 1 heterocycles. The maximum atomic E-state index is 13.5. The predicted molar refractivity (Wildman–Crippen MR) is 132 cm³/mol. The third-order valence-electron chi connectivity index (χ3n) is 6.34. The smallest absolute Gasteiger partial charge is 0.266 e. The molecule has 0 atom stereocenters. The van der Waals surface area contributed by atoms with Crippen molar-refractivity contribution in [2.45, 2.75) is 64.1 Å². The second-order valence-corrected chi connectivity index (χ2v) is 9.54. The molecule has 1 aliphatic rings. The number of hydrogen-bond acceptors (Lipinski definition) is 4. The van der Waals surface area contributed by atoms with Crippen LogP contribution in [-0.4, -0.2) is 38.7 Å². The molecule has 32 heavy (non-hydrogen) atoms. The lowest BCUT2D eigenvalue weighted by atomic mass is 9.94. The van der Waals surface area contributed by atoms with E-state index in [0.717, 1.165) is 36.2 Å². The van der Waals surface area contributed by atoms with Crippen molar-refractivity contribution in [2.24, 2.45) is 0 Å². The van der Waals surface area contributed by atoms with E-state index in [4.69, 9.17) is 4.98 Å². The van der Waals surface area contributed by atoms with Gasteiger partial charge in [-0.25, -0.2) is 4.98 Å². The fraction of sp³-hybridized carbons (Fsp3) is 0.423. The molecule has 6 heteroatoms. The van der Waals surface area contributed by atoms with Gasteiger partial charge in [0.25, 0.3) is 5.56 Å². The number of rotatable bonds is 6. The summed E-state index contributed by atoms with van der Waals surface area (Å²) in [5.41, 5.74) is 3.52. The highest BCUT2D eigenvalue weighted by atomic mass is 32.2. The Morgan fingerprint density at radius 2 is 1.88 bits per heavy atom. The van der Waals surface area contributed by atoms with Gasteiger partial charge >= 0.3 is 0 Å². The number of fused-ring (bicyclic) bond motifs is 1. The zero-order valence-electron chi connectivity index (χ0n) is 19.1. The van der Waals surface area contributed by atoms with Gasteiger partial charge < -0.3 is 4.90 Å². The van der Waals surface area contributed by atoms with E-state index < -0.39 is 0 Å². The SMILES string of the molecule is CCN(C(=O)CSc1nc2ccccc2c(=O)n1-c1ccc(C)cc1C)C1CCCCC1. The van der Waals surface area contributed by atoms with Gasteiger partial charge in [0.1, 0.15) is 0 Å². The lowest BCUT2D eigenvalue weighted by Crippen LogP contribution is -2.42. The molecule has 0 aliphatic heterocycles. The van der Waals surface area contributed by atoms with Crippen LogP contribution < -0.4 is 5.56 Å². The Labute approximate surface area is 193 Å². The van der Waals surface area contributed by atoms with E-state index in [0.29, 0.717) is 22.1 Å². The molecule has 5 nitrogen and oxygen atoms in total. The molecule has 0 unspecified atom stereocenters. The summed E-state index contributed by atoms with van der Waals surface area (Å²) < 4.78 is 1.67. The molecule has 1 amide bonds. The number of aromatic nitrogens is 2. The van der Waals surface area contributed by atoms with Crippen molar-refractivity contribution < 1.29 is 4.79 Å². The molecule has 0 spiro atoms. The van der Waals surface area contributed by atoms with Gasteiger partial charge in [0.2, 0.25) is 5.91 Å². The van der Waals surface area contributed by atoms with E-state index in [1.807, 2.05) is 55.1 Å². The Bertz CT molecular complexity index is 1180. The number of para-hydroxylation sites is 1. The number of carbonyl (C=O) groups is 1. The third-order valence-corrected chi connectivity index (χ3v) is 7.26. The minimum absolute atomic E-state index is 0.0999. The van der Waals surface area contributed by atoms with Crippen LogP contribution in [0.2, 0.25) is 0 Å². The Morgan fingerprint density at radius 3 is 2.59 bits per heavy atom. The van der Waals surface area contributed by atoms with Gasteiger partial charge in [0.15, 0.2) is 5.16 Å². The van der Waals surface area contributed by atoms with Crippen LogP contribution in [0.1, 0.15) is 50.2 Å². The van der Waals surface area contributed by atoms with Crippen LogP contribution in [0.4, 0.5) is 0 Å². The van der Waals surface area contributed by atoms with Gasteiger partial charge in [0, 0.05) is 12.6 Å². The normalized spacial score (nSPS) is 14.6. The lowest BCUT2D eigenvalue weighted by molar-refractivity contribution is -0.131. The van der Waals surface area contributed by atoms with Crippen molar-refractivity contribution in [1.82, 2.24) is 14.5 Å². The summed E-state index contributed by atoms with van der Waals surface area (Å²) in [6.45, 7) is 6.82. The summed E-state index contributed by atoms with van der Waals surface area (Å²) >= 11 is 1.36. The molecule has 3 aromatic rings. The highest BCUT2D eigenvalue weighted by molar-refractivity contribution is 7.99. The molecule has 2 aromatic carbocycles. The molecule has 1 saturated carbocycles. The number of thioether (sulfide) groups is 1. The fourth-order valence-corrected chi connectivity index (χ4v) is 5.61. The third kappa shape index (κ3) is 4.60. The van der Waals surface area contributed by atoms with Gasteiger partial charge in [-0.2, -0.15) is 0 Å². The van der Waals surface area contributed by atoms with Crippen molar-refractivity contribution in [3.8, 4) is 5.69 Å². The first-order chi connectivity index (χ1) is 15.5. The average Bonchev–Trinajstić information content (AvgIpc) is 2.80. The van der Waals surface area contributed by atoms with Crippen LogP contribution in [-0.2, 0) is 4.79 Å². The van der Waals surface area contributed by atoms with E-state index in [-0.39, 0.29) is 17.2 Å². The second-order valence-electron chi connectivity index (χ2n) is 8.60. The van der Waals surface area contributed by atoms with Crippen molar-refractivity contribution >= 4 is 28.6 Å². The van der Waals surface area contributed by atoms with E-state index in [9.17, 15) is 9.59 Å². The molecule has 168 valence electrons. The predicted octanol–water partition coefficient (Wildman–Crippen LogP) is 5.28. The second kappa shape index (κ2) is 9.90. The monoisotopic (exact) mass is 449 g/mol. The van der Waals surface area contributed by atoms with Crippen LogP contribution in [0.5, 0.6) is 0 Å². The highest BCUT2D eigenvalue weighted by Crippen LogP contribution is 2.26. The van der Waals surface area contributed by atoms with Gasteiger partial charge in [-0.05, 0) is 57.4 Å². The number of hydrogen-bond donors (Lipinski definition) is 0. The van der Waals surface area contributed by atoms with Crippen LogP contribution in [0.3, 0.4) is 0 Å². The van der Waals surface area contributed by atoms with Gasteiger partial charge in [0.05, 0.1) is 22.3 Å². The number of aryl methyl sites for hydroxylation is 2. The Morgan fingerprint density at radius 1 is 1.12 bits per heavy atom. The summed E-state index contributed by atoms with van der Waals surface area (Å²) in [6.07, 6.45) is 5.83. The Balaban J connectivity index is 1.69. The molecule has 1 aromatic heterocycles. The fourth-order valence-electron chi connectivity index (χ4n) is 4.72. The topological polar surface area (TPSA) is 55.2 Å². The minimum Gasteiger partial charge on any atom is -0.339 e. The van der Waals surface area contributed by atoms with Crippen molar-refractivity contribution in [2.75, 3.05) is 12.3 Å². The molecule has 0 saturated heterocycles. The van der Waals surface area contributed by atoms with Crippen LogP contribution in [0.25, 0.3) is 16.6 Å². The van der Waals surface area contributed by atoms with Gasteiger partial charge in [-0.1, -0.05) is 60.9 Å². The van der Waals surface area contributed by atoms with Crippen molar-refractivity contribution in [3.63, 3.8) is 0 Å². The number of carbonyl (C=O) groups excluding carboxylic acids is 1. The molecule has 4 rings (SSSR count). The van der Waals surface area contributed by atoms with Crippen LogP contribution in [0, 0.1) is 13.8 Å². The number of nitrogens with zero attached hydrogens (tertiary/aromatic N) is 3. The molecule has 0 radical (unpaired) electrons. The summed E-state index contributed by atoms with van der Waals surface area (Å²) in [7, 11) is 0. The van der Waals surface area contributed by atoms with Crippen molar-refractivity contribution in [3.05, 3.63) is 63.9 Å². The zero-order valence-corrected chi connectivity index (χ0v) is 20.0. The van der Waals surface area contributed by atoms with Crippen LogP contribution in [0.15, 0.2) is 52.4 Å². The summed E-state index contributed by atoms with van der Waals surface area (Å²) in [5, 5.41) is 1.15. The zero-order chi connectivity index (χ0) is 22.7. The number of benzene rings is 2. The average molecular weight is 450 g/mol. The maximum absolute atomic E-state index is 13.5. The molecule has 0 N–H and O–H groups in total. The first-order valence-corrected chi connectivity index (χ1v) is 12.5. The van der Waals surface area contributed by atoms with E-state index in [1.54, 1.807) is 4.57 Å². The molecular formula is C26H31N3O2S. The molecule has 0 bridgehead atoms. The maximum Gasteiger partial charge on any atom is 0.266 e. The van der Waals surface area contributed by atoms with Crippen LogP contribution >= 0.6 is 11.8 Å². The van der Waals surface area contributed by atoms with Crippen molar-refractivity contribution in [1.29, 1.82) is 0 Å². The van der Waals surface area contributed by atoms with Gasteiger partial charge in [-0.3, -0.25) is 14.2 Å². The Hall–Kier alpha value is -2.60. The number of amides is 1. The first kappa shape index (κ1) is 22.6. The highest BCUT2D eigenvalue weighted by Gasteiger charge is 2.25. The van der Waals surface area contributed by atoms with E-state index in [1.165, 1.54) is 31.0 Å². The first-order valence-electron chi connectivity index (χ1n) is 11.5. The molecular weight excluding hydrogens is 418 g/mol. The standard InChI is InChI=1S/C26H31N3O2S/c1-4-28(20-10-6-5-7-11-20)24(30)17-32-26-27-22-13-9-8-12-21(22)25(31)29(26)23-15-14-18(2)16-19(23)3/h8-9,12-16,20H,4-7,10-11,17H2,1-3H3. The van der Waals surface area contributed by atoms with E-state index in [2.05, 4.69) is 13.0 Å². The minimum atomic E-state index is -0.0999. The lowest BCUT2D eigenvalue weighted by Gasteiger charge is -2.33. The quantitative estimate of drug-likeness (QED) is 0.380. The molecule has 1 aliphatic carbocycles. The largest absolute Gasteiger partial charge is 0.339 e.